The molecule has 0 unspecified atom stereocenters. The second kappa shape index (κ2) is 11.8. The average Bonchev–Trinajstić information content (AvgIpc) is 4.04. The minimum Gasteiger partial charge on any atom is -0.456 e. The Morgan fingerprint density at radius 3 is 1.76 bits per heavy atom. The van der Waals surface area contributed by atoms with E-state index in [0.29, 0.717) is 0 Å². The molecule has 0 amide bonds. The minimum absolute atomic E-state index is 0.887. The lowest BCUT2D eigenvalue weighted by Crippen LogP contribution is -1.95. The minimum atomic E-state index is 0.887. The van der Waals surface area contributed by atoms with Crippen LogP contribution in [0.15, 0.2) is 203 Å². The number of furan rings is 2. The number of rotatable bonds is 4. The Morgan fingerprint density at radius 1 is 0.310 bits per heavy atom. The highest BCUT2D eigenvalue weighted by Gasteiger charge is 2.23. The van der Waals surface area contributed by atoms with Crippen LogP contribution in [0, 0.1) is 0 Å². The van der Waals surface area contributed by atoms with E-state index in [0.717, 1.165) is 77.3 Å². The van der Waals surface area contributed by atoms with Crippen LogP contribution in [0.3, 0.4) is 0 Å². The molecule has 0 N–H and O–H groups in total. The highest BCUT2D eigenvalue weighted by Crippen LogP contribution is 2.46. The van der Waals surface area contributed by atoms with Crippen LogP contribution in [-0.4, -0.2) is 9.13 Å². The smallest absolute Gasteiger partial charge is 0.159 e. The van der Waals surface area contributed by atoms with Crippen LogP contribution in [0.5, 0.6) is 0 Å². The molecule has 0 aliphatic rings. The third kappa shape index (κ3) is 4.34. The zero-order valence-electron chi connectivity index (χ0n) is 31.2. The van der Waals surface area contributed by atoms with Gasteiger partial charge in [-0.2, -0.15) is 0 Å². The zero-order chi connectivity index (χ0) is 37.9. The largest absolute Gasteiger partial charge is 0.456 e. The van der Waals surface area contributed by atoms with E-state index in [1.807, 2.05) is 18.2 Å². The molecule has 0 saturated carbocycles. The number of fused-ring (bicyclic) bond motifs is 12. The number of para-hydroxylation sites is 5. The van der Waals surface area contributed by atoms with Crippen LogP contribution >= 0.6 is 0 Å². The predicted molar refractivity (Wildman–Crippen MR) is 241 cm³/mol. The lowest BCUT2D eigenvalue weighted by molar-refractivity contribution is 0.666. The van der Waals surface area contributed by atoms with Gasteiger partial charge in [-0.25, -0.2) is 0 Å². The fraction of sp³-hybridized carbons (Fsp3) is 0. The van der Waals surface area contributed by atoms with Crippen molar-refractivity contribution in [3.8, 4) is 33.6 Å². The van der Waals surface area contributed by atoms with Gasteiger partial charge in [-0.05, 0) is 89.0 Å². The molecule has 0 radical (unpaired) electrons. The summed E-state index contributed by atoms with van der Waals surface area (Å²) in [5.41, 5.74) is 15.0. The van der Waals surface area contributed by atoms with E-state index in [-0.39, 0.29) is 0 Å². The maximum atomic E-state index is 6.64. The van der Waals surface area contributed by atoms with Crippen molar-refractivity contribution in [2.45, 2.75) is 0 Å². The molecule has 0 aliphatic heterocycles. The van der Waals surface area contributed by atoms with Gasteiger partial charge < -0.3 is 18.0 Å². The Hall–Kier alpha value is -7.82. The highest BCUT2D eigenvalue weighted by atomic mass is 16.3. The fourth-order valence-electron chi connectivity index (χ4n) is 9.64. The molecule has 4 nitrogen and oxygen atoms in total. The van der Waals surface area contributed by atoms with Crippen molar-refractivity contribution < 1.29 is 8.83 Å². The standard InChI is InChI=1S/C54H32N2O2/c1-2-14-33(15-3-1)41-32-49-43(35-16-4-8-22-45(35)55(49)34-28-29-52-44(30-34)37-18-7-10-26-50(37)57-52)31-42(41)38-20-12-24-47-53(38)40-19-5-9-23-46(40)56(47)48-25-13-21-39-36-17-6-11-27-51(36)58-54(39)48/h1-32H. The Labute approximate surface area is 332 Å². The maximum absolute atomic E-state index is 6.64. The van der Waals surface area contributed by atoms with E-state index in [2.05, 4.69) is 185 Å². The molecule has 4 aromatic heterocycles. The summed E-state index contributed by atoms with van der Waals surface area (Å²) in [5, 5.41) is 9.29. The molecule has 0 aliphatic carbocycles. The summed E-state index contributed by atoms with van der Waals surface area (Å²) >= 11 is 0. The van der Waals surface area contributed by atoms with Gasteiger partial charge in [0.2, 0.25) is 0 Å². The van der Waals surface area contributed by atoms with Gasteiger partial charge in [0.25, 0.3) is 0 Å². The topological polar surface area (TPSA) is 36.1 Å². The van der Waals surface area contributed by atoms with Gasteiger partial charge in [0.15, 0.2) is 5.58 Å². The quantitative estimate of drug-likeness (QED) is 0.180. The van der Waals surface area contributed by atoms with Gasteiger partial charge in [0.1, 0.15) is 16.7 Å². The Morgan fingerprint density at radius 2 is 0.931 bits per heavy atom. The Bertz CT molecular complexity index is 3800. The number of aromatic nitrogens is 2. The van der Waals surface area contributed by atoms with Gasteiger partial charge in [-0.15, -0.1) is 0 Å². The highest BCUT2D eigenvalue weighted by molar-refractivity contribution is 6.20. The van der Waals surface area contributed by atoms with Crippen LogP contribution in [0.25, 0.3) is 121 Å². The summed E-state index contributed by atoms with van der Waals surface area (Å²) in [6.45, 7) is 0. The van der Waals surface area contributed by atoms with E-state index < -0.39 is 0 Å². The Balaban J connectivity index is 1.12. The van der Waals surface area contributed by atoms with Crippen molar-refractivity contribution >= 4 is 87.5 Å². The second-order valence-corrected chi connectivity index (χ2v) is 15.2. The molecule has 0 spiro atoms. The first-order valence-electron chi connectivity index (χ1n) is 19.8. The third-order valence-electron chi connectivity index (χ3n) is 12.1. The van der Waals surface area contributed by atoms with Crippen molar-refractivity contribution in [3.63, 3.8) is 0 Å². The van der Waals surface area contributed by atoms with Gasteiger partial charge in [-0.1, -0.05) is 127 Å². The fourth-order valence-corrected chi connectivity index (χ4v) is 9.64. The molecule has 4 heteroatoms. The third-order valence-corrected chi connectivity index (χ3v) is 12.1. The normalized spacial score (nSPS) is 12.1. The molecule has 270 valence electrons. The summed E-state index contributed by atoms with van der Waals surface area (Å²) in [4.78, 5) is 0. The summed E-state index contributed by atoms with van der Waals surface area (Å²) in [6.07, 6.45) is 0. The molecular weight excluding hydrogens is 709 g/mol. The lowest BCUT2D eigenvalue weighted by atomic mass is 9.90. The van der Waals surface area contributed by atoms with E-state index in [1.165, 1.54) is 43.8 Å². The summed E-state index contributed by atoms with van der Waals surface area (Å²) in [5.74, 6) is 0. The van der Waals surface area contributed by atoms with E-state index in [9.17, 15) is 0 Å². The number of hydrogen-bond donors (Lipinski definition) is 0. The monoisotopic (exact) mass is 740 g/mol. The van der Waals surface area contributed by atoms with E-state index >= 15 is 0 Å². The van der Waals surface area contributed by atoms with Crippen molar-refractivity contribution in [1.82, 2.24) is 9.13 Å². The predicted octanol–water partition coefficient (Wildman–Crippen LogP) is 15.0. The first kappa shape index (κ1) is 31.4. The maximum Gasteiger partial charge on any atom is 0.159 e. The molecule has 13 rings (SSSR count). The number of benzene rings is 9. The van der Waals surface area contributed by atoms with Gasteiger partial charge >= 0.3 is 0 Å². The molecule has 4 heterocycles. The number of hydrogen-bond acceptors (Lipinski definition) is 2. The molecule has 0 bridgehead atoms. The summed E-state index contributed by atoms with van der Waals surface area (Å²) < 4.78 is 17.7. The number of nitrogens with zero attached hydrogens (tertiary/aromatic N) is 2. The molecule has 0 atom stereocenters. The average molecular weight is 741 g/mol. The van der Waals surface area contributed by atoms with E-state index in [4.69, 9.17) is 8.83 Å². The van der Waals surface area contributed by atoms with Crippen molar-refractivity contribution in [3.05, 3.63) is 194 Å². The van der Waals surface area contributed by atoms with Crippen molar-refractivity contribution in [1.29, 1.82) is 0 Å². The van der Waals surface area contributed by atoms with Crippen molar-refractivity contribution in [2.24, 2.45) is 0 Å². The lowest BCUT2D eigenvalue weighted by Gasteiger charge is -2.15. The zero-order valence-corrected chi connectivity index (χ0v) is 31.2. The molecule has 13 aromatic rings. The first-order valence-corrected chi connectivity index (χ1v) is 19.8. The molecule has 0 fully saturated rings. The SMILES string of the molecule is c1ccc(-c2cc3c(cc2-c2cccc4c2c2ccccc2n4-c2cccc4c2oc2ccccc24)c2ccccc2n3-c2ccc3oc4ccccc4c3c2)cc1. The van der Waals surface area contributed by atoms with Crippen LogP contribution in [-0.2, 0) is 0 Å². The first-order chi connectivity index (χ1) is 28.8. The van der Waals surface area contributed by atoms with Crippen LogP contribution < -0.4 is 0 Å². The van der Waals surface area contributed by atoms with Gasteiger partial charge in [0, 0.05) is 48.8 Å². The van der Waals surface area contributed by atoms with Gasteiger partial charge in [-0.3, -0.25) is 0 Å². The molecular formula is C54H32N2O2. The van der Waals surface area contributed by atoms with Gasteiger partial charge in [0.05, 0.1) is 27.8 Å². The van der Waals surface area contributed by atoms with Crippen LogP contribution in [0.1, 0.15) is 0 Å². The molecule has 58 heavy (non-hydrogen) atoms. The van der Waals surface area contributed by atoms with Crippen LogP contribution in [0.2, 0.25) is 0 Å². The second-order valence-electron chi connectivity index (χ2n) is 15.2. The van der Waals surface area contributed by atoms with Crippen LogP contribution in [0.4, 0.5) is 0 Å². The summed E-state index contributed by atoms with van der Waals surface area (Å²) in [7, 11) is 0. The molecule has 9 aromatic carbocycles. The molecule has 0 saturated heterocycles. The van der Waals surface area contributed by atoms with E-state index in [1.54, 1.807) is 0 Å². The van der Waals surface area contributed by atoms with Crippen molar-refractivity contribution in [2.75, 3.05) is 0 Å². The summed E-state index contributed by atoms with van der Waals surface area (Å²) in [6, 6.07) is 69.7. The Kier molecular flexibility index (Phi) is 6.41.